The number of anilines is 3. The van der Waals surface area contributed by atoms with Gasteiger partial charge >= 0.3 is 6.09 Å². The summed E-state index contributed by atoms with van der Waals surface area (Å²) < 4.78 is 44.9. The van der Waals surface area contributed by atoms with Crippen molar-refractivity contribution in [2.24, 2.45) is 5.92 Å². The molecule has 2 unspecified atom stereocenters. The third kappa shape index (κ3) is 9.43. The van der Waals surface area contributed by atoms with Crippen molar-refractivity contribution in [2.45, 2.75) is 38.7 Å². The summed E-state index contributed by atoms with van der Waals surface area (Å²) in [5.74, 6) is -2.13. The third-order valence-electron chi connectivity index (χ3n) is 6.85. The zero-order valence-corrected chi connectivity index (χ0v) is 24.7. The number of ether oxygens (including phenoxy) is 1. The van der Waals surface area contributed by atoms with E-state index in [1.54, 1.807) is 68.1 Å². The second kappa shape index (κ2) is 14.2. The van der Waals surface area contributed by atoms with Gasteiger partial charge in [-0.1, -0.05) is 36.4 Å². The summed E-state index contributed by atoms with van der Waals surface area (Å²) in [6.07, 6.45) is -0.227. The van der Waals surface area contributed by atoms with E-state index in [9.17, 15) is 27.6 Å². The van der Waals surface area contributed by atoms with Crippen LogP contribution in [-0.2, 0) is 14.3 Å². The zero-order chi connectivity index (χ0) is 31.9. The quantitative estimate of drug-likeness (QED) is 0.234. The molecule has 3 aromatic carbocycles. The summed E-state index contributed by atoms with van der Waals surface area (Å²) in [5, 5.41) is 8.14. The van der Waals surface area contributed by atoms with Gasteiger partial charge in [0, 0.05) is 30.8 Å². The van der Waals surface area contributed by atoms with Crippen LogP contribution in [0.2, 0.25) is 0 Å². The first-order valence-corrected chi connectivity index (χ1v) is 14.1. The van der Waals surface area contributed by atoms with Crippen molar-refractivity contribution < 1.29 is 32.3 Å². The van der Waals surface area contributed by atoms with Crippen LogP contribution in [0.25, 0.3) is 6.08 Å². The molecule has 232 valence electrons. The van der Waals surface area contributed by atoms with Gasteiger partial charge in [-0.15, -0.1) is 0 Å². The Morgan fingerprint density at radius 2 is 1.55 bits per heavy atom. The molecule has 0 saturated carbocycles. The van der Waals surface area contributed by atoms with E-state index < -0.39 is 42.3 Å². The highest BCUT2D eigenvalue weighted by Gasteiger charge is 2.39. The van der Waals surface area contributed by atoms with Gasteiger partial charge in [-0.05, 0) is 74.4 Å². The Labute approximate surface area is 254 Å². The predicted molar refractivity (Wildman–Crippen MR) is 164 cm³/mol. The molecule has 2 atom stereocenters. The van der Waals surface area contributed by atoms with E-state index in [-0.39, 0.29) is 24.9 Å². The fourth-order valence-electron chi connectivity index (χ4n) is 4.92. The highest BCUT2D eigenvalue weighted by molar-refractivity contribution is 6.05. The van der Waals surface area contributed by atoms with Gasteiger partial charge < -0.3 is 15.4 Å². The summed E-state index contributed by atoms with van der Waals surface area (Å²) in [6, 6.07) is 19.3. The molecule has 3 N–H and O–H groups in total. The molecule has 1 aliphatic rings. The lowest BCUT2D eigenvalue weighted by Gasteiger charge is -2.20. The van der Waals surface area contributed by atoms with Crippen LogP contribution in [0, 0.1) is 11.7 Å². The fraction of sp³-hybridized carbons (Fsp3) is 0.303. The summed E-state index contributed by atoms with van der Waals surface area (Å²) in [7, 11) is 0. The van der Waals surface area contributed by atoms with Crippen molar-refractivity contribution >= 4 is 41.0 Å². The van der Waals surface area contributed by atoms with Gasteiger partial charge in [-0.3, -0.25) is 19.8 Å². The molecule has 3 amide bonds. The van der Waals surface area contributed by atoms with Gasteiger partial charge in [0.25, 0.3) is 6.43 Å². The van der Waals surface area contributed by atoms with E-state index in [0.717, 1.165) is 5.56 Å². The molecule has 0 bridgehead atoms. The number of halogens is 3. The number of rotatable bonds is 9. The average molecular weight is 609 g/mol. The second-order valence-electron chi connectivity index (χ2n) is 11.5. The number of nitrogens with zero attached hydrogens (tertiary/aromatic N) is 1. The highest BCUT2D eigenvalue weighted by atomic mass is 19.3. The van der Waals surface area contributed by atoms with Gasteiger partial charge in [0.1, 0.15) is 11.4 Å². The van der Waals surface area contributed by atoms with Crippen LogP contribution in [-0.4, -0.2) is 54.5 Å². The largest absolute Gasteiger partial charge is 0.444 e. The maximum absolute atomic E-state index is 13.3. The number of amides is 3. The van der Waals surface area contributed by atoms with Gasteiger partial charge in [0.15, 0.2) is 0 Å². The van der Waals surface area contributed by atoms with E-state index in [2.05, 4.69) is 16.0 Å². The highest BCUT2D eigenvalue weighted by Crippen LogP contribution is 2.34. The molecule has 4 rings (SSSR count). The van der Waals surface area contributed by atoms with E-state index in [0.29, 0.717) is 22.6 Å². The van der Waals surface area contributed by atoms with Crippen molar-refractivity contribution in [2.75, 3.05) is 35.6 Å². The Morgan fingerprint density at radius 1 is 0.909 bits per heavy atom. The first kappa shape index (κ1) is 32.3. The molecule has 1 aliphatic heterocycles. The SMILES string of the molecule is CC(C)(C)OC(=O)Nc1ccccc1NC(=O)/C=C/c1ccc(C2CN(CC(F)F)CC2C(=O)Nc2ccc(F)cc2)cc1. The van der Waals surface area contributed by atoms with Gasteiger partial charge in [0.05, 0.1) is 23.8 Å². The number of alkyl halides is 2. The van der Waals surface area contributed by atoms with Crippen LogP contribution in [0.5, 0.6) is 0 Å². The van der Waals surface area contributed by atoms with Crippen LogP contribution < -0.4 is 16.0 Å². The van der Waals surface area contributed by atoms with Crippen molar-refractivity contribution in [1.29, 1.82) is 0 Å². The Balaban J connectivity index is 1.41. The van der Waals surface area contributed by atoms with Crippen molar-refractivity contribution in [3.63, 3.8) is 0 Å². The fourth-order valence-corrected chi connectivity index (χ4v) is 4.92. The number of hydrogen-bond donors (Lipinski definition) is 3. The molecule has 8 nitrogen and oxygen atoms in total. The van der Waals surface area contributed by atoms with Crippen LogP contribution in [0.1, 0.15) is 37.8 Å². The number of carbonyl (C=O) groups is 3. The Bertz CT molecular complexity index is 1490. The van der Waals surface area contributed by atoms with Crippen molar-refractivity contribution in [3.8, 4) is 0 Å². The first-order chi connectivity index (χ1) is 20.9. The third-order valence-corrected chi connectivity index (χ3v) is 6.85. The summed E-state index contributed by atoms with van der Waals surface area (Å²) in [5.41, 5.74) is 2.01. The zero-order valence-electron chi connectivity index (χ0n) is 24.7. The van der Waals surface area contributed by atoms with Crippen LogP contribution in [0.15, 0.2) is 78.9 Å². The number of benzene rings is 3. The maximum atomic E-state index is 13.3. The molecular formula is C33H35F3N4O4. The number of hydrogen-bond acceptors (Lipinski definition) is 5. The molecule has 0 aromatic heterocycles. The lowest BCUT2D eigenvalue weighted by atomic mass is 9.88. The standard InChI is InChI=1S/C33H35F3N4O4/c1-33(2,3)44-32(43)39-28-7-5-4-6-27(28)38-30(41)17-10-21-8-11-22(12-9-21)25-18-40(20-29(35)36)19-26(25)31(42)37-24-15-13-23(34)14-16-24/h4-17,25-26,29H,18-20H2,1-3H3,(H,37,42)(H,38,41)(H,39,43)/b17-10+. The number of carbonyl (C=O) groups excluding carboxylic acids is 3. The minimum absolute atomic E-state index is 0.161. The molecule has 11 heteroatoms. The molecule has 1 fully saturated rings. The van der Waals surface area contributed by atoms with Crippen molar-refractivity contribution in [1.82, 2.24) is 4.90 Å². The minimum Gasteiger partial charge on any atom is -0.444 e. The van der Waals surface area contributed by atoms with E-state index in [1.807, 2.05) is 12.1 Å². The lowest BCUT2D eigenvalue weighted by molar-refractivity contribution is -0.120. The molecule has 0 aliphatic carbocycles. The Morgan fingerprint density at radius 3 is 2.16 bits per heavy atom. The monoisotopic (exact) mass is 608 g/mol. The predicted octanol–water partition coefficient (Wildman–Crippen LogP) is 6.74. The number of nitrogens with one attached hydrogen (secondary N) is 3. The minimum atomic E-state index is -2.53. The van der Waals surface area contributed by atoms with Crippen molar-refractivity contribution in [3.05, 3.63) is 95.8 Å². The molecule has 1 heterocycles. The van der Waals surface area contributed by atoms with E-state index in [4.69, 9.17) is 4.74 Å². The van der Waals surface area contributed by atoms with Crippen LogP contribution >= 0.6 is 0 Å². The Hall–Kier alpha value is -4.64. The second-order valence-corrected chi connectivity index (χ2v) is 11.5. The van der Waals surface area contributed by atoms with E-state index >= 15 is 0 Å². The molecule has 0 spiro atoms. The number of para-hydroxylation sites is 2. The van der Waals surface area contributed by atoms with Gasteiger partial charge in [-0.25, -0.2) is 18.0 Å². The normalized spacial score (nSPS) is 17.1. The average Bonchev–Trinajstić information content (AvgIpc) is 3.37. The summed E-state index contributed by atoms with van der Waals surface area (Å²) in [6.45, 7) is 5.24. The molecule has 0 radical (unpaired) electrons. The topological polar surface area (TPSA) is 99.8 Å². The maximum Gasteiger partial charge on any atom is 0.412 e. The lowest BCUT2D eigenvalue weighted by Crippen LogP contribution is -2.30. The van der Waals surface area contributed by atoms with E-state index in [1.165, 1.54) is 30.3 Å². The number of likely N-dealkylation sites (tertiary alicyclic amines) is 1. The summed E-state index contributed by atoms with van der Waals surface area (Å²) in [4.78, 5) is 39.6. The molecule has 3 aromatic rings. The summed E-state index contributed by atoms with van der Waals surface area (Å²) >= 11 is 0. The smallest absolute Gasteiger partial charge is 0.412 e. The van der Waals surface area contributed by atoms with Crippen LogP contribution in [0.4, 0.5) is 35.0 Å². The van der Waals surface area contributed by atoms with Gasteiger partial charge in [0.2, 0.25) is 11.8 Å². The Kier molecular flexibility index (Phi) is 10.4. The first-order valence-electron chi connectivity index (χ1n) is 14.1. The van der Waals surface area contributed by atoms with Crippen LogP contribution in [0.3, 0.4) is 0 Å². The molecule has 44 heavy (non-hydrogen) atoms. The molecular weight excluding hydrogens is 573 g/mol. The van der Waals surface area contributed by atoms with Gasteiger partial charge in [-0.2, -0.15) is 0 Å². The molecule has 1 saturated heterocycles.